The van der Waals surface area contributed by atoms with E-state index in [1.807, 2.05) is 24.3 Å². The van der Waals surface area contributed by atoms with Crippen LogP contribution in [-0.4, -0.2) is 66.6 Å². The van der Waals surface area contributed by atoms with Crippen LogP contribution in [0.15, 0.2) is 66.9 Å². The Labute approximate surface area is 250 Å². The van der Waals surface area contributed by atoms with Crippen LogP contribution in [0.5, 0.6) is 0 Å². The summed E-state index contributed by atoms with van der Waals surface area (Å²) in [5.41, 5.74) is 1.77. The monoisotopic (exact) mass is 610 g/mol. The Morgan fingerprint density at radius 3 is 2.40 bits per heavy atom. The van der Waals surface area contributed by atoms with Gasteiger partial charge < -0.3 is 25.2 Å². The van der Waals surface area contributed by atoms with Crippen LogP contribution in [-0.2, 0) is 10.9 Å². The molecule has 43 heavy (non-hydrogen) atoms. The predicted molar refractivity (Wildman–Crippen MR) is 160 cm³/mol. The van der Waals surface area contributed by atoms with Crippen molar-refractivity contribution in [2.75, 3.05) is 55.4 Å². The topological polar surface area (TPSA) is 99.7 Å². The maximum absolute atomic E-state index is 12.8. The van der Waals surface area contributed by atoms with Gasteiger partial charge in [-0.3, -0.25) is 9.78 Å². The van der Waals surface area contributed by atoms with Gasteiger partial charge in [0.15, 0.2) is 10.7 Å². The normalized spacial score (nSPS) is 13.9. The second kappa shape index (κ2) is 12.8. The number of pyridine rings is 1. The van der Waals surface area contributed by atoms with Gasteiger partial charge in [-0.1, -0.05) is 12.1 Å². The smallest absolute Gasteiger partial charge is 0.417 e. The molecule has 2 aromatic carbocycles. The van der Waals surface area contributed by atoms with E-state index in [0.717, 1.165) is 61.0 Å². The number of carbonyl (C=O) groups excluding carboxylic acids is 2. The number of thiazole rings is 1. The summed E-state index contributed by atoms with van der Waals surface area (Å²) in [5, 5.41) is 6.39. The van der Waals surface area contributed by atoms with Crippen LogP contribution in [0.25, 0.3) is 10.6 Å². The standard InChI is InChI=1S/C30H29F3N6O3S/c1-3-42-29(41)25-26(35-21-8-10-23(11-9-21)39-15-13-38(2)14-16-39)37-28(43-25)19-5-4-6-22(17-19)36-27(40)24-12-7-20(18-34-24)30(31,32)33/h4-12,17-18,35H,3,13-16H2,1-2H3,(H,36,40). The molecular formula is C30H29F3N6O3S. The number of anilines is 4. The Hall–Kier alpha value is -4.49. The van der Waals surface area contributed by atoms with Gasteiger partial charge in [-0.2, -0.15) is 13.2 Å². The lowest BCUT2D eigenvalue weighted by Gasteiger charge is -2.34. The van der Waals surface area contributed by atoms with E-state index in [1.165, 1.54) is 0 Å². The number of benzene rings is 2. The van der Waals surface area contributed by atoms with Crippen molar-refractivity contribution < 1.29 is 27.5 Å². The van der Waals surface area contributed by atoms with Gasteiger partial charge in [0.25, 0.3) is 5.91 Å². The SMILES string of the molecule is CCOC(=O)c1sc(-c2cccc(NC(=O)c3ccc(C(F)(F)F)cn3)c2)nc1Nc1ccc(N2CCN(C)CC2)cc1. The number of alkyl halides is 3. The lowest BCUT2D eigenvalue weighted by Crippen LogP contribution is -2.44. The Morgan fingerprint density at radius 2 is 1.74 bits per heavy atom. The highest BCUT2D eigenvalue weighted by Gasteiger charge is 2.31. The maximum Gasteiger partial charge on any atom is 0.417 e. The van der Waals surface area contributed by atoms with Crippen molar-refractivity contribution >= 4 is 46.1 Å². The lowest BCUT2D eigenvalue weighted by atomic mass is 10.2. The number of amides is 1. The summed E-state index contributed by atoms with van der Waals surface area (Å²) < 4.78 is 43.8. The van der Waals surface area contributed by atoms with Crippen molar-refractivity contribution in [2.45, 2.75) is 13.1 Å². The molecule has 2 N–H and O–H groups in total. The fraction of sp³-hybridized carbons (Fsp3) is 0.267. The van der Waals surface area contributed by atoms with Crippen molar-refractivity contribution in [3.63, 3.8) is 0 Å². The highest BCUT2D eigenvalue weighted by Crippen LogP contribution is 2.35. The highest BCUT2D eigenvalue weighted by molar-refractivity contribution is 7.17. The maximum atomic E-state index is 12.8. The van der Waals surface area contributed by atoms with Gasteiger partial charge in [0.05, 0.1) is 12.2 Å². The molecule has 0 unspecified atom stereocenters. The molecule has 0 bridgehead atoms. The van der Waals surface area contributed by atoms with Gasteiger partial charge in [0.1, 0.15) is 10.7 Å². The first-order chi connectivity index (χ1) is 20.6. The summed E-state index contributed by atoms with van der Waals surface area (Å²) in [7, 11) is 2.11. The minimum absolute atomic E-state index is 0.164. The predicted octanol–water partition coefficient (Wildman–Crippen LogP) is 6.15. The van der Waals surface area contributed by atoms with Crippen LogP contribution in [0.4, 0.5) is 36.1 Å². The zero-order valence-electron chi connectivity index (χ0n) is 23.4. The zero-order valence-corrected chi connectivity index (χ0v) is 24.3. The van der Waals surface area contributed by atoms with Crippen LogP contribution in [0.3, 0.4) is 0 Å². The molecule has 1 saturated heterocycles. The van der Waals surface area contributed by atoms with Crippen LogP contribution in [0.1, 0.15) is 32.6 Å². The molecule has 1 amide bonds. The molecule has 0 saturated carbocycles. The van der Waals surface area contributed by atoms with Gasteiger partial charge in [-0.05, 0) is 62.5 Å². The number of nitrogens with zero attached hydrogens (tertiary/aromatic N) is 4. The number of carbonyl (C=O) groups is 2. The zero-order chi connectivity index (χ0) is 30.6. The fourth-order valence-corrected chi connectivity index (χ4v) is 5.35. The third-order valence-electron chi connectivity index (χ3n) is 6.78. The summed E-state index contributed by atoms with van der Waals surface area (Å²) in [4.78, 5) is 38.7. The number of esters is 1. The third-order valence-corrected chi connectivity index (χ3v) is 7.86. The van der Waals surface area contributed by atoms with E-state index in [2.05, 4.69) is 37.4 Å². The van der Waals surface area contributed by atoms with Gasteiger partial charge in [0.2, 0.25) is 0 Å². The van der Waals surface area contributed by atoms with Crippen LogP contribution >= 0.6 is 11.3 Å². The Kier molecular flexibility index (Phi) is 8.92. The number of hydrogen-bond donors (Lipinski definition) is 2. The molecule has 1 fully saturated rings. The lowest BCUT2D eigenvalue weighted by molar-refractivity contribution is -0.137. The molecule has 224 valence electrons. The first-order valence-corrected chi connectivity index (χ1v) is 14.4. The molecular weight excluding hydrogens is 581 g/mol. The van der Waals surface area contributed by atoms with Crippen LogP contribution in [0, 0.1) is 0 Å². The number of ether oxygens (including phenoxy) is 1. The fourth-order valence-electron chi connectivity index (χ4n) is 4.44. The number of halogens is 3. The molecule has 13 heteroatoms. The minimum Gasteiger partial charge on any atom is -0.462 e. The van der Waals surface area contributed by atoms with E-state index >= 15 is 0 Å². The van der Waals surface area contributed by atoms with Crippen LogP contribution in [0.2, 0.25) is 0 Å². The largest absolute Gasteiger partial charge is 0.462 e. The molecule has 0 spiro atoms. The summed E-state index contributed by atoms with van der Waals surface area (Å²) in [5.74, 6) is -0.838. The molecule has 1 aliphatic rings. The number of aromatic nitrogens is 2. The van der Waals surface area contributed by atoms with Crippen molar-refractivity contribution in [1.29, 1.82) is 0 Å². The molecule has 5 rings (SSSR count). The second-order valence-corrected chi connectivity index (χ2v) is 10.8. The first kappa shape index (κ1) is 30.0. The molecule has 0 radical (unpaired) electrons. The van der Waals surface area contributed by atoms with Crippen LogP contribution < -0.4 is 15.5 Å². The van der Waals surface area contributed by atoms with E-state index in [0.29, 0.717) is 33.2 Å². The minimum atomic E-state index is -4.55. The average molecular weight is 611 g/mol. The van der Waals surface area contributed by atoms with Gasteiger partial charge in [-0.25, -0.2) is 9.78 Å². The number of hydrogen-bond acceptors (Lipinski definition) is 9. The molecule has 1 aliphatic heterocycles. The summed E-state index contributed by atoms with van der Waals surface area (Å²) in [6, 6.07) is 16.5. The Bertz CT molecular complexity index is 1580. The second-order valence-electron chi connectivity index (χ2n) is 9.84. The molecule has 2 aromatic heterocycles. The van der Waals surface area contributed by atoms with E-state index in [9.17, 15) is 22.8 Å². The molecule has 4 aromatic rings. The number of likely N-dealkylation sites (N-methyl/N-ethyl adjacent to an activating group) is 1. The number of piperazine rings is 1. The average Bonchev–Trinajstić information content (AvgIpc) is 3.42. The highest BCUT2D eigenvalue weighted by atomic mass is 32.1. The Morgan fingerprint density at radius 1 is 1.00 bits per heavy atom. The molecule has 3 heterocycles. The van der Waals surface area contributed by atoms with E-state index < -0.39 is 23.6 Å². The van der Waals surface area contributed by atoms with E-state index in [4.69, 9.17) is 4.74 Å². The summed E-state index contributed by atoms with van der Waals surface area (Å²) >= 11 is 1.14. The summed E-state index contributed by atoms with van der Waals surface area (Å²) in [6.45, 7) is 5.83. The van der Waals surface area contributed by atoms with Gasteiger partial charge in [-0.15, -0.1) is 11.3 Å². The third kappa shape index (κ3) is 7.30. The number of rotatable bonds is 8. The molecule has 9 nitrogen and oxygen atoms in total. The summed E-state index contributed by atoms with van der Waals surface area (Å²) in [6.07, 6.45) is -3.93. The van der Waals surface area contributed by atoms with E-state index in [-0.39, 0.29) is 12.3 Å². The van der Waals surface area contributed by atoms with Crippen molar-refractivity contribution in [1.82, 2.24) is 14.9 Å². The van der Waals surface area contributed by atoms with Gasteiger partial charge in [0, 0.05) is 55.0 Å². The molecule has 0 atom stereocenters. The first-order valence-electron chi connectivity index (χ1n) is 13.5. The Balaban J connectivity index is 1.34. The van der Waals surface area contributed by atoms with E-state index in [1.54, 1.807) is 31.2 Å². The van der Waals surface area contributed by atoms with Crippen molar-refractivity contribution in [2.24, 2.45) is 0 Å². The van der Waals surface area contributed by atoms with Crippen molar-refractivity contribution in [3.8, 4) is 10.6 Å². The molecule has 0 aliphatic carbocycles. The van der Waals surface area contributed by atoms with Crippen molar-refractivity contribution in [3.05, 3.63) is 83.0 Å². The quantitative estimate of drug-likeness (QED) is 0.229. The van der Waals surface area contributed by atoms with Gasteiger partial charge >= 0.3 is 12.1 Å². The number of nitrogens with one attached hydrogen (secondary N) is 2.